The molecule has 7 nitrogen and oxygen atoms in total. The van der Waals surface area contributed by atoms with Gasteiger partial charge >= 0.3 is 6.03 Å². The maximum atomic E-state index is 12.8. The number of hydrogen-bond donors (Lipinski definition) is 1. The Bertz CT molecular complexity index is 933. The maximum absolute atomic E-state index is 12.8. The smallest absolute Gasteiger partial charge is 0.321 e. The van der Waals surface area contributed by atoms with E-state index in [0.29, 0.717) is 24.6 Å². The lowest BCUT2D eigenvalue weighted by molar-refractivity contribution is 0.0697. The number of amides is 3. The molecule has 170 valence electrons. The largest absolute Gasteiger partial charge is 0.339 e. The molecule has 1 N–H and O–H groups in total. The van der Waals surface area contributed by atoms with Crippen molar-refractivity contribution in [2.45, 2.75) is 33.2 Å². The van der Waals surface area contributed by atoms with Crippen LogP contribution in [0.15, 0.2) is 42.7 Å². The number of aryl methyl sites for hydroxylation is 1. The summed E-state index contributed by atoms with van der Waals surface area (Å²) < 4.78 is 0. The normalized spacial score (nSPS) is 17.9. The Labute approximate surface area is 190 Å². The second kappa shape index (κ2) is 10.1. The SMILES string of the molecule is Cc1cc(C(=O)N2CCC(C)CC2)ccc1NC(=O)N1CCN(Cc2ccncc2)CC1. The quantitative estimate of drug-likeness (QED) is 0.797. The molecule has 3 amide bonds. The fourth-order valence-corrected chi connectivity index (χ4v) is 4.38. The highest BCUT2D eigenvalue weighted by atomic mass is 16.2. The molecule has 1 aromatic carbocycles. The third kappa shape index (κ3) is 5.46. The molecule has 2 saturated heterocycles. The van der Waals surface area contributed by atoms with Gasteiger partial charge in [0.2, 0.25) is 0 Å². The molecule has 1 aromatic heterocycles. The Morgan fingerprint density at radius 3 is 2.31 bits per heavy atom. The van der Waals surface area contributed by atoms with Crippen molar-refractivity contribution in [3.8, 4) is 0 Å². The topological polar surface area (TPSA) is 68.8 Å². The number of carbonyl (C=O) groups excluding carboxylic acids is 2. The summed E-state index contributed by atoms with van der Waals surface area (Å²) in [6.07, 6.45) is 5.75. The summed E-state index contributed by atoms with van der Waals surface area (Å²) in [5.74, 6) is 0.777. The number of pyridine rings is 1. The van der Waals surface area contributed by atoms with Crippen LogP contribution < -0.4 is 5.32 Å². The Morgan fingerprint density at radius 1 is 0.969 bits per heavy atom. The molecule has 32 heavy (non-hydrogen) atoms. The molecule has 0 bridgehead atoms. The van der Waals surface area contributed by atoms with E-state index in [2.05, 4.69) is 22.1 Å². The molecule has 2 aromatic rings. The van der Waals surface area contributed by atoms with Crippen LogP contribution in [0.4, 0.5) is 10.5 Å². The molecule has 3 heterocycles. The minimum absolute atomic E-state index is 0.0826. The Morgan fingerprint density at radius 2 is 1.66 bits per heavy atom. The number of piperazine rings is 1. The molecule has 2 fully saturated rings. The first-order valence-electron chi connectivity index (χ1n) is 11.6. The summed E-state index contributed by atoms with van der Waals surface area (Å²) >= 11 is 0. The van der Waals surface area contributed by atoms with E-state index in [0.717, 1.165) is 56.8 Å². The summed E-state index contributed by atoms with van der Waals surface area (Å²) in [7, 11) is 0. The van der Waals surface area contributed by atoms with Crippen LogP contribution in [0.2, 0.25) is 0 Å². The van der Waals surface area contributed by atoms with Crippen LogP contribution in [0, 0.1) is 12.8 Å². The molecule has 7 heteroatoms. The number of nitrogens with one attached hydrogen (secondary N) is 1. The molecule has 4 rings (SSSR count). The number of urea groups is 1. The second-order valence-electron chi connectivity index (χ2n) is 9.05. The molecular formula is C25H33N5O2. The highest BCUT2D eigenvalue weighted by Crippen LogP contribution is 2.22. The molecule has 0 aliphatic carbocycles. The van der Waals surface area contributed by atoms with E-state index in [1.54, 1.807) is 0 Å². The van der Waals surface area contributed by atoms with Gasteiger partial charge in [0.05, 0.1) is 0 Å². The highest BCUT2D eigenvalue weighted by Gasteiger charge is 2.23. The Kier molecular flexibility index (Phi) is 7.05. The van der Waals surface area contributed by atoms with Crippen molar-refractivity contribution in [2.75, 3.05) is 44.6 Å². The summed E-state index contributed by atoms with van der Waals surface area (Å²) in [5, 5.41) is 3.03. The molecule has 0 spiro atoms. The zero-order valence-electron chi connectivity index (χ0n) is 19.1. The Balaban J connectivity index is 1.29. The number of piperidine rings is 1. The van der Waals surface area contributed by atoms with E-state index in [-0.39, 0.29) is 11.9 Å². The van der Waals surface area contributed by atoms with Gasteiger partial charge in [-0.3, -0.25) is 14.7 Å². The number of likely N-dealkylation sites (tertiary alicyclic amines) is 1. The molecular weight excluding hydrogens is 402 g/mol. The monoisotopic (exact) mass is 435 g/mol. The van der Waals surface area contributed by atoms with Gasteiger partial charge in [0.15, 0.2) is 0 Å². The van der Waals surface area contributed by atoms with E-state index in [9.17, 15) is 9.59 Å². The summed E-state index contributed by atoms with van der Waals surface area (Å²) in [5.41, 5.74) is 3.60. The van der Waals surface area contributed by atoms with Gasteiger partial charge < -0.3 is 15.1 Å². The molecule has 0 unspecified atom stereocenters. The third-order valence-electron chi connectivity index (χ3n) is 6.60. The molecule has 2 aliphatic heterocycles. The third-order valence-corrected chi connectivity index (χ3v) is 6.60. The molecule has 0 saturated carbocycles. The van der Waals surface area contributed by atoms with Gasteiger partial charge in [-0.1, -0.05) is 6.92 Å². The van der Waals surface area contributed by atoms with Gasteiger partial charge in [-0.05, 0) is 67.1 Å². The first-order valence-corrected chi connectivity index (χ1v) is 11.6. The molecule has 2 aliphatic rings. The minimum atomic E-state index is -0.0826. The fraction of sp³-hybridized carbons (Fsp3) is 0.480. The van der Waals surface area contributed by atoms with E-state index >= 15 is 0 Å². The van der Waals surface area contributed by atoms with Crippen molar-refractivity contribution < 1.29 is 9.59 Å². The van der Waals surface area contributed by atoms with Gasteiger partial charge in [0.1, 0.15) is 0 Å². The zero-order valence-corrected chi connectivity index (χ0v) is 19.1. The number of rotatable bonds is 4. The number of nitrogens with zero attached hydrogens (tertiary/aromatic N) is 4. The van der Waals surface area contributed by atoms with Crippen molar-refractivity contribution in [3.05, 3.63) is 59.4 Å². The number of benzene rings is 1. The van der Waals surface area contributed by atoms with E-state index in [4.69, 9.17) is 0 Å². The van der Waals surface area contributed by atoms with Gasteiger partial charge in [0, 0.05) is 69.5 Å². The van der Waals surface area contributed by atoms with Gasteiger partial charge in [-0.2, -0.15) is 0 Å². The summed E-state index contributed by atoms with van der Waals surface area (Å²) in [6.45, 7) is 9.78. The van der Waals surface area contributed by atoms with Crippen LogP contribution in [-0.4, -0.2) is 70.9 Å². The van der Waals surface area contributed by atoms with Crippen LogP contribution in [0.1, 0.15) is 41.3 Å². The van der Waals surface area contributed by atoms with Crippen molar-refractivity contribution in [2.24, 2.45) is 5.92 Å². The lowest BCUT2D eigenvalue weighted by Gasteiger charge is -2.34. The van der Waals surface area contributed by atoms with E-state index < -0.39 is 0 Å². The lowest BCUT2D eigenvalue weighted by Crippen LogP contribution is -2.49. The Hall–Kier alpha value is -2.93. The van der Waals surface area contributed by atoms with Crippen molar-refractivity contribution in [3.63, 3.8) is 0 Å². The lowest BCUT2D eigenvalue weighted by atomic mass is 9.98. The van der Waals surface area contributed by atoms with Crippen LogP contribution in [-0.2, 0) is 6.54 Å². The highest BCUT2D eigenvalue weighted by molar-refractivity contribution is 5.96. The number of hydrogen-bond acceptors (Lipinski definition) is 4. The van der Waals surface area contributed by atoms with Crippen LogP contribution in [0.25, 0.3) is 0 Å². The second-order valence-corrected chi connectivity index (χ2v) is 9.05. The number of aromatic nitrogens is 1. The number of anilines is 1. The molecule has 0 atom stereocenters. The van der Waals surface area contributed by atoms with Gasteiger partial charge in [0.25, 0.3) is 5.91 Å². The average molecular weight is 436 g/mol. The van der Waals surface area contributed by atoms with Crippen molar-refractivity contribution in [1.82, 2.24) is 19.7 Å². The summed E-state index contributed by atoms with van der Waals surface area (Å²) in [6, 6.07) is 9.55. The van der Waals surface area contributed by atoms with Crippen LogP contribution in [0.5, 0.6) is 0 Å². The van der Waals surface area contributed by atoms with Gasteiger partial charge in [-0.25, -0.2) is 4.79 Å². The standard InChI is InChI=1S/C25H33N5O2/c1-19-7-11-29(12-8-19)24(31)22-3-4-23(20(2)17-22)27-25(32)30-15-13-28(14-16-30)18-21-5-9-26-10-6-21/h3-6,9-10,17,19H,7-8,11-16,18H2,1-2H3,(H,27,32). The average Bonchev–Trinajstić information content (AvgIpc) is 2.81. The predicted octanol–water partition coefficient (Wildman–Crippen LogP) is 3.61. The number of carbonyl (C=O) groups is 2. The van der Waals surface area contributed by atoms with E-state index in [1.165, 1.54) is 5.56 Å². The van der Waals surface area contributed by atoms with Crippen LogP contribution >= 0.6 is 0 Å². The van der Waals surface area contributed by atoms with E-state index in [1.807, 2.05) is 59.4 Å². The zero-order chi connectivity index (χ0) is 22.5. The first kappa shape index (κ1) is 22.3. The van der Waals surface area contributed by atoms with Gasteiger partial charge in [-0.15, -0.1) is 0 Å². The van der Waals surface area contributed by atoms with Crippen molar-refractivity contribution in [1.29, 1.82) is 0 Å². The first-order chi connectivity index (χ1) is 15.5. The minimum Gasteiger partial charge on any atom is -0.339 e. The predicted molar refractivity (Wildman–Crippen MR) is 126 cm³/mol. The van der Waals surface area contributed by atoms with Crippen LogP contribution in [0.3, 0.4) is 0 Å². The summed E-state index contributed by atoms with van der Waals surface area (Å²) in [4.78, 5) is 35.8. The maximum Gasteiger partial charge on any atom is 0.321 e. The fourth-order valence-electron chi connectivity index (χ4n) is 4.38. The van der Waals surface area contributed by atoms with Crippen molar-refractivity contribution >= 4 is 17.6 Å². The molecule has 0 radical (unpaired) electrons.